The van der Waals surface area contributed by atoms with Crippen LogP contribution in [0.4, 0.5) is 0 Å². The summed E-state index contributed by atoms with van der Waals surface area (Å²) in [6, 6.07) is 6.50. The Morgan fingerprint density at radius 3 is 2.76 bits per heavy atom. The summed E-state index contributed by atoms with van der Waals surface area (Å²) in [5.74, 6) is 1.93. The second kappa shape index (κ2) is 6.44. The molecule has 2 heteroatoms. The number of halogens is 1. The maximum absolute atomic E-state index is 5.77. The fraction of sp³-hybridized carbons (Fsp3) is 0.600. The predicted molar refractivity (Wildman–Crippen MR) is 75.6 cm³/mol. The number of benzene rings is 1. The molecule has 1 fully saturated rings. The van der Waals surface area contributed by atoms with Crippen LogP contribution in [0.2, 0.25) is 0 Å². The molecule has 0 N–H and O–H groups in total. The van der Waals surface area contributed by atoms with E-state index >= 15 is 0 Å². The molecule has 0 saturated heterocycles. The van der Waals surface area contributed by atoms with Crippen molar-refractivity contribution in [2.24, 2.45) is 5.92 Å². The van der Waals surface area contributed by atoms with Crippen LogP contribution in [0.25, 0.3) is 0 Å². The molecule has 0 spiro atoms. The average molecular weight is 297 g/mol. The van der Waals surface area contributed by atoms with E-state index in [0.717, 1.165) is 29.2 Å². The highest BCUT2D eigenvalue weighted by Gasteiger charge is 2.18. The average Bonchev–Trinajstić information content (AvgIpc) is 2.23. The second-order valence-electron chi connectivity index (χ2n) is 5.00. The van der Waals surface area contributed by atoms with Gasteiger partial charge in [-0.2, -0.15) is 0 Å². The molecule has 1 aliphatic rings. The number of ether oxygens (including phenoxy) is 1. The van der Waals surface area contributed by atoms with Crippen molar-refractivity contribution in [2.45, 2.75) is 45.4 Å². The molecule has 0 unspecified atom stereocenters. The van der Waals surface area contributed by atoms with Crippen molar-refractivity contribution in [3.8, 4) is 5.75 Å². The first-order valence-corrected chi connectivity index (χ1v) is 7.49. The zero-order chi connectivity index (χ0) is 12.1. The SMILES string of the molecule is CCCCOc1cc(Br)cc(CC2CCC2)c1. The van der Waals surface area contributed by atoms with Gasteiger partial charge in [0.2, 0.25) is 0 Å². The van der Waals surface area contributed by atoms with Gasteiger partial charge in [0, 0.05) is 4.47 Å². The summed E-state index contributed by atoms with van der Waals surface area (Å²) in [6.45, 7) is 3.02. The molecule has 0 heterocycles. The minimum absolute atomic E-state index is 0.829. The molecule has 1 aromatic carbocycles. The van der Waals surface area contributed by atoms with Crippen LogP contribution in [0.15, 0.2) is 22.7 Å². The first-order chi connectivity index (χ1) is 8.28. The Balaban J connectivity index is 1.95. The van der Waals surface area contributed by atoms with Crippen molar-refractivity contribution in [1.82, 2.24) is 0 Å². The van der Waals surface area contributed by atoms with E-state index in [1.807, 2.05) is 0 Å². The van der Waals surface area contributed by atoms with Crippen molar-refractivity contribution in [3.63, 3.8) is 0 Å². The molecule has 94 valence electrons. The summed E-state index contributed by atoms with van der Waals surface area (Å²) in [5.41, 5.74) is 1.41. The summed E-state index contributed by atoms with van der Waals surface area (Å²) in [4.78, 5) is 0. The van der Waals surface area contributed by atoms with E-state index in [1.54, 1.807) is 0 Å². The highest BCUT2D eigenvalue weighted by molar-refractivity contribution is 9.10. The molecule has 1 saturated carbocycles. The lowest BCUT2D eigenvalue weighted by Gasteiger charge is -2.25. The highest BCUT2D eigenvalue weighted by atomic mass is 79.9. The molecule has 17 heavy (non-hydrogen) atoms. The first kappa shape index (κ1) is 12.9. The molecule has 0 aliphatic heterocycles. The Kier molecular flexibility index (Phi) is 4.90. The Labute approximate surface area is 113 Å². The molecular weight excluding hydrogens is 276 g/mol. The van der Waals surface area contributed by atoms with Gasteiger partial charge < -0.3 is 4.74 Å². The van der Waals surface area contributed by atoms with Gasteiger partial charge in [0.25, 0.3) is 0 Å². The molecule has 1 nitrogen and oxygen atoms in total. The molecule has 2 rings (SSSR count). The number of rotatable bonds is 6. The Morgan fingerprint density at radius 2 is 2.12 bits per heavy atom. The van der Waals surface area contributed by atoms with E-state index in [9.17, 15) is 0 Å². The van der Waals surface area contributed by atoms with Crippen molar-refractivity contribution in [3.05, 3.63) is 28.2 Å². The van der Waals surface area contributed by atoms with E-state index < -0.39 is 0 Å². The number of hydrogen-bond donors (Lipinski definition) is 0. The lowest BCUT2D eigenvalue weighted by atomic mass is 9.81. The third-order valence-electron chi connectivity index (χ3n) is 3.45. The van der Waals surface area contributed by atoms with Crippen LogP contribution in [0.5, 0.6) is 5.75 Å². The minimum atomic E-state index is 0.829. The summed E-state index contributed by atoms with van der Waals surface area (Å²) in [7, 11) is 0. The van der Waals surface area contributed by atoms with Gasteiger partial charge in [-0.05, 0) is 42.5 Å². The standard InChI is InChI=1S/C15H21BrO/c1-2-3-7-17-15-10-13(9-14(16)11-15)8-12-5-4-6-12/h9-12H,2-8H2,1H3. The molecule has 0 aromatic heterocycles. The van der Waals surface area contributed by atoms with Crippen LogP contribution in [0.1, 0.15) is 44.6 Å². The fourth-order valence-electron chi connectivity index (χ4n) is 2.19. The largest absolute Gasteiger partial charge is 0.494 e. The molecule has 0 amide bonds. The van der Waals surface area contributed by atoms with Crippen LogP contribution in [0.3, 0.4) is 0 Å². The number of unbranched alkanes of at least 4 members (excludes halogenated alkanes) is 1. The van der Waals surface area contributed by atoms with Crippen LogP contribution < -0.4 is 4.74 Å². The van der Waals surface area contributed by atoms with E-state index in [1.165, 1.54) is 37.7 Å². The maximum Gasteiger partial charge on any atom is 0.120 e. The molecule has 0 radical (unpaired) electrons. The van der Waals surface area contributed by atoms with E-state index in [0.29, 0.717) is 0 Å². The minimum Gasteiger partial charge on any atom is -0.494 e. The zero-order valence-electron chi connectivity index (χ0n) is 10.5. The van der Waals surface area contributed by atoms with Gasteiger partial charge in [-0.15, -0.1) is 0 Å². The molecule has 1 aromatic rings. The van der Waals surface area contributed by atoms with Gasteiger partial charge in [-0.3, -0.25) is 0 Å². The third-order valence-corrected chi connectivity index (χ3v) is 3.90. The van der Waals surface area contributed by atoms with Gasteiger partial charge >= 0.3 is 0 Å². The Bertz CT molecular complexity index is 358. The van der Waals surface area contributed by atoms with Crippen molar-refractivity contribution < 1.29 is 4.74 Å². The van der Waals surface area contributed by atoms with Crippen molar-refractivity contribution in [2.75, 3.05) is 6.61 Å². The summed E-state index contributed by atoms with van der Waals surface area (Å²) in [5, 5.41) is 0. The second-order valence-corrected chi connectivity index (χ2v) is 5.91. The number of hydrogen-bond acceptors (Lipinski definition) is 1. The summed E-state index contributed by atoms with van der Waals surface area (Å²) >= 11 is 3.57. The zero-order valence-corrected chi connectivity index (χ0v) is 12.1. The fourth-order valence-corrected chi connectivity index (χ4v) is 2.71. The van der Waals surface area contributed by atoms with Crippen molar-refractivity contribution in [1.29, 1.82) is 0 Å². The normalized spacial score (nSPS) is 15.6. The van der Waals surface area contributed by atoms with Crippen LogP contribution in [-0.4, -0.2) is 6.61 Å². The lowest BCUT2D eigenvalue weighted by Crippen LogP contribution is -2.13. The van der Waals surface area contributed by atoms with Gasteiger partial charge in [-0.1, -0.05) is 48.5 Å². The Morgan fingerprint density at radius 1 is 1.29 bits per heavy atom. The van der Waals surface area contributed by atoms with Gasteiger partial charge in [0.1, 0.15) is 5.75 Å². The summed E-state index contributed by atoms with van der Waals surface area (Å²) < 4.78 is 6.91. The highest BCUT2D eigenvalue weighted by Crippen LogP contribution is 2.31. The van der Waals surface area contributed by atoms with E-state index in [2.05, 4.69) is 41.1 Å². The van der Waals surface area contributed by atoms with Gasteiger partial charge in [-0.25, -0.2) is 0 Å². The maximum atomic E-state index is 5.77. The smallest absolute Gasteiger partial charge is 0.120 e. The molecule has 1 aliphatic carbocycles. The van der Waals surface area contributed by atoms with E-state index in [4.69, 9.17) is 4.74 Å². The summed E-state index contributed by atoms with van der Waals surface area (Å²) in [6.07, 6.45) is 7.74. The topological polar surface area (TPSA) is 9.23 Å². The third kappa shape index (κ3) is 4.02. The monoisotopic (exact) mass is 296 g/mol. The molecule has 0 bridgehead atoms. The molecule has 0 atom stereocenters. The van der Waals surface area contributed by atoms with Gasteiger partial charge in [0.15, 0.2) is 0 Å². The van der Waals surface area contributed by atoms with Gasteiger partial charge in [0.05, 0.1) is 6.61 Å². The quantitative estimate of drug-likeness (QED) is 0.674. The molecular formula is C15H21BrO. The van der Waals surface area contributed by atoms with Crippen LogP contribution >= 0.6 is 15.9 Å². The van der Waals surface area contributed by atoms with Crippen LogP contribution in [0, 0.1) is 5.92 Å². The predicted octanol–water partition coefficient (Wildman–Crippen LogP) is 4.97. The first-order valence-electron chi connectivity index (χ1n) is 6.70. The van der Waals surface area contributed by atoms with Crippen LogP contribution in [-0.2, 0) is 6.42 Å². The Hall–Kier alpha value is -0.500. The van der Waals surface area contributed by atoms with Crippen molar-refractivity contribution >= 4 is 15.9 Å². The van der Waals surface area contributed by atoms with E-state index in [-0.39, 0.29) is 0 Å². The lowest BCUT2D eigenvalue weighted by molar-refractivity contribution is 0.304.